The Bertz CT molecular complexity index is 762. The zero-order valence-electron chi connectivity index (χ0n) is 16.2. The molecule has 0 aromatic heterocycles. The monoisotopic (exact) mass is 372 g/mol. The number of aryl methyl sites for hydroxylation is 2. The minimum Gasteiger partial charge on any atom is -0.493 e. The van der Waals surface area contributed by atoms with E-state index in [1.54, 1.807) is 14.2 Å². The molecule has 0 aliphatic rings. The first kappa shape index (κ1) is 20.0. The van der Waals surface area contributed by atoms with Gasteiger partial charge in [0.25, 0.3) is 0 Å². The number of nitrogens with one attached hydrogen (secondary N) is 2. The van der Waals surface area contributed by atoms with Gasteiger partial charge >= 0.3 is 0 Å². The third-order valence-electron chi connectivity index (χ3n) is 4.40. The van der Waals surface area contributed by atoms with Gasteiger partial charge in [-0.3, -0.25) is 0 Å². The van der Waals surface area contributed by atoms with Gasteiger partial charge in [0.1, 0.15) is 0 Å². The second-order valence-corrected chi connectivity index (χ2v) is 6.83. The molecule has 0 heterocycles. The van der Waals surface area contributed by atoms with Crippen molar-refractivity contribution < 1.29 is 9.47 Å². The number of methoxy groups -OCH3 is 2. The lowest BCUT2D eigenvalue weighted by atomic mass is 10.0. The van der Waals surface area contributed by atoms with Gasteiger partial charge in [-0.2, -0.15) is 0 Å². The van der Waals surface area contributed by atoms with Crippen molar-refractivity contribution in [2.45, 2.75) is 33.2 Å². The smallest absolute Gasteiger partial charge is 0.166 e. The van der Waals surface area contributed by atoms with Gasteiger partial charge in [-0.1, -0.05) is 29.8 Å². The van der Waals surface area contributed by atoms with Gasteiger partial charge in [0.15, 0.2) is 16.6 Å². The third kappa shape index (κ3) is 5.36. The lowest BCUT2D eigenvalue weighted by Gasteiger charge is -2.19. The number of hydrogen-bond acceptors (Lipinski definition) is 3. The van der Waals surface area contributed by atoms with E-state index in [4.69, 9.17) is 21.7 Å². The van der Waals surface area contributed by atoms with Crippen LogP contribution in [0.1, 0.15) is 35.2 Å². The summed E-state index contributed by atoms with van der Waals surface area (Å²) in [5.41, 5.74) is 4.96. The minimum atomic E-state index is 0.163. The summed E-state index contributed by atoms with van der Waals surface area (Å²) in [5, 5.41) is 7.31. The van der Waals surface area contributed by atoms with Crippen LogP contribution in [0.25, 0.3) is 0 Å². The standard InChI is InChI=1S/C21H28N2O2S/c1-14-6-7-15(2)18(12-14)16(3)23-21(26)22-11-10-17-8-9-19(24-4)20(13-17)25-5/h6-9,12-13,16H,10-11H2,1-5H3,(H2,22,23,26). The average Bonchev–Trinajstić information content (AvgIpc) is 2.63. The molecule has 0 saturated carbocycles. The van der Waals surface area contributed by atoms with Gasteiger partial charge in [-0.15, -0.1) is 0 Å². The normalized spacial score (nSPS) is 11.6. The van der Waals surface area contributed by atoms with Gasteiger partial charge in [0.05, 0.1) is 20.3 Å². The summed E-state index contributed by atoms with van der Waals surface area (Å²) in [4.78, 5) is 0. The Kier molecular flexibility index (Phi) is 7.27. The zero-order chi connectivity index (χ0) is 19.1. The Hall–Kier alpha value is -2.27. The van der Waals surface area contributed by atoms with Gasteiger partial charge < -0.3 is 20.1 Å². The first-order valence-electron chi connectivity index (χ1n) is 8.77. The fourth-order valence-corrected chi connectivity index (χ4v) is 3.19. The number of thiocarbonyl (C=S) groups is 1. The number of ether oxygens (including phenoxy) is 2. The molecule has 0 radical (unpaired) electrons. The van der Waals surface area contributed by atoms with Crippen LogP contribution in [0.5, 0.6) is 11.5 Å². The summed E-state index contributed by atoms with van der Waals surface area (Å²) in [6.45, 7) is 7.11. The van der Waals surface area contributed by atoms with E-state index in [9.17, 15) is 0 Å². The van der Waals surface area contributed by atoms with Crippen molar-refractivity contribution in [1.29, 1.82) is 0 Å². The van der Waals surface area contributed by atoms with Crippen molar-refractivity contribution in [3.05, 3.63) is 58.7 Å². The van der Waals surface area contributed by atoms with Crippen molar-refractivity contribution in [1.82, 2.24) is 10.6 Å². The van der Waals surface area contributed by atoms with Crippen molar-refractivity contribution >= 4 is 17.3 Å². The molecule has 0 bridgehead atoms. The van der Waals surface area contributed by atoms with Crippen LogP contribution in [-0.2, 0) is 6.42 Å². The summed E-state index contributed by atoms with van der Waals surface area (Å²) in [5.74, 6) is 1.48. The van der Waals surface area contributed by atoms with Crippen molar-refractivity contribution in [2.75, 3.05) is 20.8 Å². The van der Waals surface area contributed by atoms with E-state index in [2.05, 4.69) is 49.6 Å². The molecule has 26 heavy (non-hydrogen) atoms. The maximum Gasteiger partial charge on any atom is 0.166 e. The SMILES string of the molecule is COc1ccc(CCNC(=S)NC(C)c2cc(C)ccc2C)cc1OC. The number of benzene rings is 2. The molecule has 2 N–H and O–H groups in total. The second-order valence-electron chi connectivity index (χ2n) is 6.42. The first-order valence-corrected chi connectivity index (χ1v) is 9.17. The predicted molar refractivity (Wildman–Crippen MR) is 111 cm³/mol. The average molecular weight is 373 g/mol. The van der Waals surface area contributed by atoms with Crippen LogP contribution in [-0.4, -0.2) is 25.9 Å². The molecule has 0 fully saturated rings. The van der Waals surface area contributed by atoms with E-state index in [0.29, 0.717) is 5.11 Å². The molecule has 0 aliphatic heterocycles. The molecule has 0 amide bonds. The molecular weight excluding hydrogens is 344 g/mol. The first-order chi connectivity index (χ1) is 12.4. The zero-order valence-corrected chi connectivity index (χ0v) is 17.0. The Labute approximate surface area is 161 Å². The van der Waals surface area contributed by atoms with Crippen LogP contribution >= 0.6 is 12.2 Å². The highest BCUT2D eigenvalue weighted by molar-refractivity contribution is 7.80. The van der Waals surface area contributed by atoms with Gasteiger partial charge in [0.2, 0.25) is 0 Å². The van der Waals surface area contributed by atoms with E-state index >= 15 is 0 Å². The van der Waals surface area contributed by atoms with E-state index in [0.717, 1.165) is 24.5 Å². The fourth-order valence-electron chi connectivity index (χ4n) is 2.91. The molecule has 0 spiro atoms. The maximum absolute atomic E-state index is 5.44. The molecule has 4 nitrogen and oxygen atoms in total. The fraction of sp³-hybridized carbons (Fsp3) is 0.381. The van der Waals surface area contributed by atoms with E-state index in [-0.39, 0.29) is 6.04 Å². The minimum absolute atomic E-state index is 0.163. The molecule has 0 aliphatic carbocycles. The second kappa shape index (κ2) is 9.43. The van der Waals surface area contributed by atoms with Crippen LogP contribution in [0.4, 0.5) is 0 Å². The molecule has 5 heteroatoms. The molecule has 1 unspecified atom stereocenters. The Morgan fingerprint density at radius 1 is 1.04 bits per heavy atom. The lowest BCUT2D eigenvalue weighted by molar-refractivity contribution is 0.354. The van der Waals surface area contributed by atoms with E-state index < -0.39 is 0 Å². The number of rotatable bonds is 7. The van der Waals surface area contributed by atoms with Crippen LogP contribution < -0.4 is 20.1 Å². The predicted octanol–water partition coefficient (Wildman–Crippen LogP) is 4.09. The van der Waals surface area contributed by atoms with Crippen LogP contribution in [0.15, 0.2) is 36.4 Å². The van der Waals surface area contributed by atoms with Gasteiger partial charge in [0, 0.05) is 6.54 Å². The molecule has 140 valence electrons. The quantitative estimate of drug-likeness (QED) is 0.717. The Morgan fingerprint density at radius 3 is 2.46 bits per heavy atom. The van der Waals surface area contributed by atoms with Gasteiger partial charge in [-0.05, 0) is 68.2 Å². The molecule has 1 atom stereocenters. The highest BCUT2D eigenvalue weighted by Gasteiger charge is 2.10. The molecule has 2 aromatic carbocycles. The van der Waals surface area contributed by atoms with Gasteiger partial charge in [-0.25, -0.2) is 0 Å². The van der Waals surface area contributed by atoms with Crippen LogP contribution in [0, 0.1) is 13.8 Å². The summed E-state index contributed by atoms with van der Waals surface area (Å²) in [6.07, 6.45) is 0.847. The highest BCUT2D eigenvalue weighted by atomic mass is 32.1. The van der Waals surface area contributed by atoms with E-state index in [1.807, 2.05) is 18.2 Å². The number of hydrogen-bond donors (Lipinski definition) is 2. The summed E-state index contributed by atoms with van der Waals surface area (Å²) in [6, 6.07) is 12.6. The molecule has 2 aromatic rings. The summed E-state index contributed by atoms with van der Waals surface area (Å²) >= 11 is 5.44. The maximum atomic E-state index is 5.44. The molecule has 2 rings (SSSR count). The summed E-state index contributed by atoms with van der Waals surface area (Å²) < 4.78 is 10.6. The molecular formula is C21H28N2O2S. The lowest BCUT2D eigenvalue weighted by Crippen LogP contribution is -2.38. The van der Waals surface area contributed by atoms with Crippen LogP contribution in [0.2, 0.25) is 0 Å². The third-order valence-corrected chi connectivity index (χ3v) is 4.66. The summed E-state index contributed by atoms with van der Waals surface area (Å²) in [7, 11) is 3.29. The van der Waals surface area contributed by atoms with Crippen LogP contribution in [0.3, 0.4) is 0 Å². The van der Waals surface area contributed by atoms with Crippen molar-refractivity contribution in [2.24, 2.45) is 0 Å². The largest absolute Gasteiger partial charge is 0.493 e. The topological polar surface area (TPSA) is 42.5 Å². The highest BCUT2D eigenvalue weighted by Crippen LogP contribution is 2.27. The van der Waals surface area contributed by atoms with Crippen molar-refractivity contribution in [3.63, 3.8) is 0 Å². The van der Waals surface area contributed by atoms with Crippen molar-refractivity contribution in [3.8, 4) is 11.5 Å². The molecule has 0 saturated heterocycles. The Balaban J connectivity index is 1.86. The van der Waals surface area contributed by atoms with E-state index in [1.165, 1.54) is 22.3 Å². The Morgan fingerprint density at radius 2 is 1.77 bits per heavy atom.